The van der Waals surface area contributed by atoms with Crippen molar-refractivity contribution in [3.05, 3.63) is 64.1 Å². The van der Waals surface area contributed by atoms with Crippen LogP contribution in [0.5, 0.6) is 0 Å². The third-order valence-corrected chi connectivity index (χ3v) is 3.48. The predicted octanol–water partition coefficient (Wildman–Crippen LogP) is 4.21. The van der Waals surface area contributed by atoms with Gasteiger partial charge in [0, 0.05) is 23.8 Å². The fraction of sp³-hybridized carbons (Fsp3) is 0.200. The van der Waals surface area contributed by atoms with Gasteiger partial charge in [0.1, 0.15) is 0 Å². The molecule has 0 bridgehead atoms. The molecule has 94 valence electrons. The van der Waals surface area contributed by atoms with Crippen molar-refractivity contribution >= 4 is 21.6 Å². The Hall–Kier alpha value is -1.32. The Morgan fingerprint density at radius 1 is 1.06 bits per heavy atom. The molecule has 2 aromatic carbocycles. The maximum atomic E-state index is 5.09. The van der Waals surface area contributed by atoms with Crippen molar-refractivity contribution in [2.24, 2.45) is 0 Å². The zero-order valence-corrected chi connectivity index (χ0v) is 11.9. The van der Waals surface area contributed by atoms with Crippen molar-refractivity contribution in [1.82, 2.24) is 0 Å². The highest BCUT2D eigenvalue weighted by Gasteiger charge is 1.98. The van der Waals surface area contributed by atoms with Crippen LogP contribution in [0.15, 0.2) is 53.0 Å². The van der Waals surface area contributed by atoms with Crippen molar-refractivity contribution in [2.75, 3.05) is 12.4 Å². The highest BCUT2D eigenvalue weighted by molar-refractivity contribution is 9.10. The van der Waals surface area contributed by atoms with E-state index in [0.717, 1.165) is 16.7 Å². The average Bonchev–Trinajstić information content (AvgIpc) is 2.40. The van der Waals surface area contributed by atoms with E-state index in [4.69, 9.17) is 4.74 Å². The van der Waals surface area contributed by atoms with E-state index in [0.29, 0.717) is 6.61 Å². The van der Waals surface area contributed by atoms with Gasteiger partial charge in [0.25, 0.3) is 0 Å². The van der Waals surface area contributed by atoms with Gasteiger partial charge in [0.15, 0.2) is 0 Å². The number of ether oxygens (including phenoxy) is 1. The van der Waals surface area contributed by atoms with Gasteiger partial charge in [-0.3, -0.25) is 0 Å². The number of hydrogen-bond donors (Lipinski definition) is 1. The summed E-state index contributed by atoms with van der Waals surface area (Å²) in [5, 5.41) is 3.40. The maximum absolute atomic E-state index is 5.09. The van der Waals surface area contributed by atoms with Crippen LogP contribution in [0, 0.1) is 0 Å². The summed E-state index contributed by atoms with van der Waals surface area (Å²) in [6.07, 6.45) is 0. The standard InChI is InChI=1S/C15H16BrNO/c1-18-11-12-6-8-14(9-7-12)17-10-13-4-2-3-5-15(13)16/h2-9,17H,10-11H2,1H3. The van der Waals surface area contributed by atoms with E-state index >= 15 is 0 Å². The Morgan fingerprint density at radius 3 is 2.44 bits per heavy atom. The van der Waals surface area contributed by atoms with Crippen LogP contribution in [0.25, 0.3) is 0 Å². The molecule has 0 saturated heterocycles. The van der Waals surface area contributed by atoms with Gasteiger partial charge >= 0.3 is 0 Å². The molecular formula is C15H16BrNO. The molecule has 2 aromatic rings. The summed E-state index contributed by atoms with van der Waals surface area (Å²) in [6.45, 7) is 1.47. The summed E-state index contributed by atoms with van der Waals surface area (Å²) in [5.74, 6) is 0. The molecule has 3 heteroatoms. The first-order valence-corrected chi connectivity index (χ1v) is 6.64. The SMILES string of the molecule is COCc1ccc(NCc2ccccc2Br)cc1. The minimum atomic E-state index is 0.657. The Balaban J connectivity index is 1.96. The molecule has 0 aliphatic carbocycles. The largest absolute Gasteiger partial charge is 0.381 e. The number of nitrogens with one attached hydrogen (secondary N) is 1. The van der Waals surface area contributed by atoms with Gasteiger partial charge in [-0.2, -0.15) is 0 Å². The third-order valence-electron chi connectivity index (χ3n) is 2.71. The molecule has 2 rings (SSSR count). The molecule has 0 radical (unpaired) electrons. The van der Waals surface area contributed by atoms with Crippen LogP contribution < -0.4 is 5.32 Å². The molecule has 0 aliphatic rings. The quantitative estimate of drug-likeness (QED) is 0.893. The highest BCUT2D eigenvalue weighted by Crippen LogP contribution is 2.18. The summed E-state index contributed by atoms with van der Waals surface area (Å²) in [4.78, 5) is 0. The summed E-state index contributed by atoms with van der Waals surface area (Å²) in [6, 6.07) is 16.5. The molecule has 0 heterocycles. The first-order chi connectivity index (χ1) is 8.79. The number of halogens is 1. The molecule has 0 aliphatic heterocycles. The Labute approximate surface area is 116 Å². The van der Waals surface area contributed by atoms with Crippen LogP contribution in [0.4, 0.5) is 5.69 Å². The molecule has 0 fully saturated rings. The van der Waals surface area contributed by atoms with Gasteiger partial charge in [0.2, 0.25) is 0 Å². The summed E-state index contributed by atoms with van der Waals surface area (Å²) >= 11 is 3.55. The number of rotatable bonds is 5. The monoisotopic (exact) mass is 305 g/mol. The summed E-state index contributed by atoms with van der Waals surface area (Å²) in [5.41, 5.74) is 3.55. The number of benzene rings is 2. The van der Waals surface area contributed by atoms with Crippen LogP contribution in [-0.4, -0.2) is 7.11 Å². The molecule has 0 aromatic heterocycles. The maximum Gasteiger partial charge on any atom is 0.0713 e. The van der Waals surface area contributed by atoms with E-state index in [1.807, 2.05) is 12.1 Å². The molecule has 18 heavy (non-hydrogen) atoms. The first kappa shape index (κ1) is 13.1. The summed E-state index contributed by atoms with van der Waals surface area (Å²) in [7, 11) is 1.71. The number of hydrogen-bond acceptors (Lipinski definition) is 2. The number of methoxy groups -OCH3 is 1. The molecule has 2 nitrogen and oxygen atoms in total. The van der Waals surface area contributed by atoms with E-state index in [1.54, 1.807) is 7.11 Å². The lowest BCUT2D eigenvalue weighted by Crippen LogP contribution is -2.00. The molecule has 1 N–H and O–H groups in total. The second-order valence-corrected chi connectivity index (χ2v) is 4.93. The van der Waals surface area contributed by atoms with E-state index in [9.17, 15) is 0 Å². The average molecular weight is 306 g/mol. The summed E-state index contributed by atoms with van der Waals surface area (Å²) < 4.78 is 6.22. The fourth-order valence-corrected chi connectivity index (χ4v) is 2.15. The van der Waals surface area contributed by atoms with E-state index in [2.05, 4.69) is 57.6 Å². The molecular weight excluding hydrogens is 290 g/mol. The van der Waals surface area contributed by atoms with Gasteiger partial charge in [-0.1, -0.05) is 46.3 Å². The molecule has 0 atom stereocenters. The molecule has 0 saturated carbocycles. The molecule has 0 spiro atoms. The van der Waals surface area contributed by atoms with Crippen LogP contribution in [0.3, 0.4) is 0 Å². The second-order valence-electron chi connectivity index (χ2n) is 4.07. The van der Waals surface area contributed by atoms with Crippen LogP contribution in [0.2, 0.25) is 0 Å². The van der Waals surface area contributed by atoms with Crippen molar-refractivity contribution in [3.63, 3.8) is 0 Å². The van der Waals surface area contributed by atoms with E-state index in [-0.39, 0.29) is 0 Å². The van der Waals surface area contributed by atoms with Crippen LogP contribution in [-0.2, 0) is 17.9 Å². The lowest BCUT2D eigenvalue weighted by Gasteiger charge is -2.09. The zero-order chi connectivity index (χ0) is 12.8. The van der Waals surface area contributed by atoms with Crippen LogP contribution >= 0.6 is 15.9 Å². The first-order valence-electron chi connectivity index (χ1n) is 5.85. The van der Waals surface area contributed by atoms with Gasteiger partial charge in [-0.05, 0) is 29.3 Å². The van der Waals surface area contributed by atoms with Gasteiger partial charge in [0.05, 0.1) is 6.61 Å². The van der Waals surface area contributed by atoms with Crippen molar-refractivity contribution in [3.8, 4) is 0 Å². The zero-order valence-electron chi connectivity index (χ0n) is 10.3. The topological polar surface area (TPSA) is 21.3 Å². The molecule has 0 unspecified atom stereocenters. The van der Waals surface area contributed by atoms with Crippen molar-refractivity contribution < 1.29 is 4.74 Å². The smallest absolute Gasteiger partial charge is 0.0713 e. The Kier molecular flexibility index (Phi) is 4.79. The van der Waals surface area contributed by atoms with Crippen molar-refractivity contribution in [1.29, 1.82) is 0 Å². The normalized spacial score (nSPS) is 10.3. The van der Waals surface area contributed by atoms with Gasteiger partial charge < -0.3 is 10.1 Å². The van der Waals surface area contributed by atoms with E-state index in [1.165, 1.54) is 11.1 Å². The van der Waals surface area contributed by atoms with Crippen LogP contribution in [0.1, 0.15) is 11.1 Å². The Morgan fingerprint density at radius 2 is 1.78 bits per heavy atom. The molecule has 0 amide bonds. The van der Waals surface area contributed by atoms with E-state index < -0.39 is 0 Å². The van der Waals surface area contributed by atoms with Crippen molar-refractivity contribution in [2.45, 2.75) is 13.2 Å². The lowest BCUT2D eigenvalue weighted by molar-refractivity contribution is 0.185. The lowest BCUT2D eigenvalue weighted by atomic mass is 10.2. The minimum absolute atomic E-state index is 0.657. The highest BCUT2D eigenvalue weighted by atomic mass is 79.9. The number of anilines is 1. The fourth-order valence-electron chi connectivity index (χ4n) is 1.72. The Bertz CT molecular complexity index is 496. The van der Waals surface area contributed by atoms with Gasteiger partial charge in [-0.15, -0.1) is 0 Å². The minimum Gasteiger partial charge on any atom is -0.381 e. The predicted molar refractivity (Wildman–Crippen MR) is 78.6 cm³/mol. The van der Waals surface area contributed by atoms with Gasteiger partial charge in [-0.25, -0.2) is 0 Å². The third kappa shape index (κ3) is 3.59. The second kappa shape index (κ2) is 6.57.